The highest BCUT2D eigenvalue weighted by Gasteiger charge is 2.17. The summed E-state index contributed by atoms with van der Waals surface area (Å²) in [7, 11) is 0. The number of carbonyl (C=O) groups is 1. The van der Waals surface area contributed by atoms with Gasteiger partial charge in [-0.05, 0) is 48.2 Å². The molecule has 2 aromatic carbocycles. The quantitative estimate of drug-likeness (QED) is 0.914. The van der Waals surface area contributed by atoms with Gasteiger partial charge in [-0.15, -0.1) is 0 Å². The average Bonchev–Trinajstić information content (AvgIpc) is 3.13. The molecule has 0 atom stereocenters. The van der Waals surface area contributed by atoms with Crippen molar-refractivity contribution in [3.8, 4) is 22.9 Å². The smallest absolute Gasteiger partial charge is 0.258 e. The van der Waals surface area contributed by atoms with Crippen LogP contribution >= 0.6 is 0 Å². The van der Waals surface area contributed by atoms with Gasteiger partial charge in [0.25, 0.3) is 5.91 Å². The molecule has 1 aliphatic carbocycles. The first-order valence-corrected chi connectivity index (χ1v) is 8.27. The molecule has 1 amide bonds. The molecular formula is C20H20N2O2. The van der Waals surface area contributed by atoms with E-state index >= 15 is 0 Å². The van der Waals surface area contributed by atoms with Gasteiger partial charge in [0, 0.05) is 6.04 Å². The van der Waals surface area contributed by atoms with Gasteiger partial charge in [-0.2, -0.15) is 5.26 Å². The van der Waals surface area contributed by atoms with Crippen molar-refractivity contribution in [1.82, 2.24) is 5.32 Å². The molecule has 1 N–H and O–H groups in total. The number of nitrogens with one attached hydrogen (secondary N) is 1. The van der Waals surface area contributed by atoms with Crippen molar-refractivity contribution in [1.29, 1.82) is 5.26 Å². The van der Waals surface area contributed by atoms with Gasteiger partial charge in [-0.1, -0.05) is 37.1 Å². The number of benzene rings is 2. The Morgan fingerprint density at radius 1 is 1.04 bits per heavy atom. The number of ether oxygens (including phenoxy) is 1. The summed E-state index contributed by atoms with van der Waals surface area (Å²) in [6, 6.07) is 17.5. The van der Waals surface area contributed by atoms with Crippen molar-refractivity contribution in [2.45, 2.75) is 31.7 Å². The van der Waals surface area contributed by atoms with Gasteiger partial charge < -0.3 is 10.1 Å². The van der Waals surface area contributed by atoms with Crippen LogP contribution < -0.4 is 10.1 Å². The highest BCUT2D eigenvalue weighted by Crippen LogP contribution is 2.23. The van der Waals surface area contributed by atoms with Gasteiger partial charge >= 0.3 is 0 Å². The molecule has 1 saturated carbocycles. The number of nitriles is 1. The summed E-state index contributed by atoms with van der Waals surface area (Å²) in [5.41, 5.74) is 2.73. The summed E-state index contributed by atoms with van der Waals surface area (Å²) < 4.78 is 5.55. The summed E-state index contributed by atoms with van der Waals surface area (Å²) in [6.07, 6.45) is 4.54. The molecule has 2 aromatic rings. The van der Waals surface area contributed by atoms with Crippen molar-refractivity contribution in [2.75, 3.05) is 6.61 Å². The lowest BCUT2D eigenvalue weighted by molar-refractivity contribution is -0.123. The van der Waals surface area contributed by atoms with Crippen LogP contribution in [0, 0.1) is 11.3 Å². The van der Waals surface area contributed by atoms with Crippen LogP contribution in [0.4, 0.5) is 0 Å². The minimum atomic E-state index is -0.0573. The molecule has 0 bridgehead atoms. The third kappa shape index (κ3) is 4.14. The summed E-state index contributed by atoms with van der Waals surface area (Å²) in [5.74, 6) is 0.618. The van der Waals surface area contributed by atoms with Gasteiger partial charge in [0.1, 0.15) is 5.75 Å². The monoisotopic (exact) mass is 320 g/mol. The second-order valence-electron chi connectivity index (χ2n) is 6.05. The molecule has 0 saturated heterocycles. The molecule has 122 valence electrons. The first kappa shape index (κ1) is 16.1. The van der Waals surface area contributed by atoms with Gasteiger partial charge in [0.05, 0.1) is 11.6 Å². The molecule has 1 aliphatic rings. The molecule has 24 heavy (non-hydrogen) atoms. The Labute approximate surface area is 142 Å². The van der Waals surface area contributed by atoms with Crippen molar-refractivity contribution >= 4 is 5.91 Å². The second-order valence-corrected chi connectivity index (χ2v) is 6.05. The Balaban J connectivity index is 1.54. The molecular weight excluding hydrogens is 300 g/mol. The van der Waals surface area contributed by atoms with Crippen LogP contribution in [-0.4, -0.2) is 18.6 Å². The molecule has 0 heterocycles. The van der Waals surface area contributed by atoms with Crippen LogP contribution in [0.3, 0.4) is 0 Å². The summed E-state index contributed by atoms with van der Waals surface area (Å²) in [6.45, 7) is 0.0483. The summed E-state index contributed by atoms with van der Waals surface area (Å²) in [5, 5.41) is 11.8. The van der Waals surface area contributed by atoms with Crippen molar-refractivity contribution < 1.29 is 9.53 Å². The predicted octanol–water partition coefficient (Wildman–Crippen LogP) is 3.66. The van der Waals surface area contributed by atoms with E-state index < -0.39 is 0 Å². The maximum absolute atomic E-state index is 11.9. The molecule has 0 aliphatic heterocycles. The number of rotatable bonds is 5. The van der Waals surface area contributed by atoms with Crippen LogP contribution in [0.2, 0.25) is 0 Å². The van der Waals surface area contributed by atoms with E-state index in [1.54, 1.807) is 12.1 Å². The van der Waals surface area contributed by atoms with E-state index in [-0.39, 0.29) is 12.5 Å². The fraction of sp³-hybridized carbons (Fsp3) is 0.300. The fourth-order valence-corrected chi connectivity index (χ4v) is 2.97. The Morgan fingerprint density at radius 3 is 2.21 bits per heavy atom. The van der Waals surface area contributed by atoms with Crippen LogP contribution in [0.15, 0.2) is 48.5 Å². The molecule has 0 aromatic heterocycles. The third-order valence-electron chi connectivity index (χ3n) is 4.29. The lowest BCUT2D eigenvalue weighted by atomic mass is 10.0. The number of amides is 1. The van der Waals surface area contributed by atoms with E-state index in [9.17, 15) is 4.79 Å². The Kier molecular flexibility index (Phi) is 5.12. The molecule has 1 fully saturated rings. The van der Waals surface area contributed by atoms with Crippen molar-refractivity contribution in [3.05, 3.63) is 54.1 Å². The van der Waals surface area contributed by atoms with Crippen molar-refractivity contribution in [2.24, 2.45) is 0 Å². The maximum atomic E-state index is 11.9. The molecule has 0 spiro atoms. The normalized spacial score (nSPS) is 14.1. The zero-order chi connectivity index (χ0) is 16.8. The first-order valence-electron chi connectivity index (χ1n) is 8.27. The minimum absolute atomic E-state index is 0.0483. The van der Waals surface area contributed by atoms with Gasteiger partial charge in [-0.3, -0.25) is 4.79 Å². The topological polar surface area (TPSA) is 62.1 Å². The van der Waals surface area contributed by atoms with Crippen LogP contribution in [0.1, 0.15) is 31.2 Å². The average molecular weight is 320 g/mol. The predicted molar refractivity (Wildman–Crippen MR) is 92.5 cm³/mol. The highest BCUT2D eigenvalue weighted by molar-refractivity contribution is 5.78. The second kappa shape index (κ2) is 7.65. The van der Waals surface area contributed by atoms with E-state index in [4.69, 9.17) is 10.00 Å². The Hall–Kier alpha value is -2.80. The van der Waals surface area contributed by atoms with E-state index in [1.807, 2.05) is 36.4 Å². The zero-order valence-corrected chi connectivity index (χ0v) is 13.5. The number of hydrogen-bond donors (Lipinski definition) is 1. The molecule has 3 rings (SSSR count). The van der Waals surface area contributed by atoms with Crippen molar-refractivity contribution in [3.63, 3.8) is 0 Å². The first-order chi connectivity index (χ1) is 11.7. The van der Waals surface area contributed by atoms with E-state index in [0.717, 1.165) is 24.0 Å². The summed E-state index contributed by atoms with van der Waals surface area (Å²) >= 11 is 0. The number of carbonyl (C=O) groups excluding carboxylic acids is 1. The van der Waals surface area contributed by atoms with Gasteiger partial charge in [0.2, 0.25) is 0 Å². The van der Waals surface area contributed by atoms with Crippen LogP contribution in [0.5, 0.6) is 5.75 Å². The van der Waals surface area contributed by atoms with Crippen LogP contribution in [-0.2, 0) is 4.79 Å². The minimum Gasteiger partial charge on any atom is -0.484 e. The van der Waals surface area contributed by atoms with E-state index in [1.165, 1.54) is 12.8 Å². The lowest BCUT2D eigenvalue weighted by Crippen LogP contribution is -2.36. The third-order valence-corrected chi connectivity index (χ3v) is 4.29. The molecule has 4 heteroatoms. The zero-order valence-electron chi connectivity index (χ0n) is 13.5. The Bertz CT molecular complexity index is 724. The van der Waals surface area contributed by atoms with Gasteiger partial charge in [0.15, 0.2) is 6.61 Å². The SMILES string of the molecule is N#Cc1ccc(-c2ccc(OCC(=O)NC3CCCC3)cc2)cc1. The maximum Gasteiger partial charge on any atom is 0.258 e. The Morgan fingerprint density at radius 2 is 1.62 bits per heavy atom. The largest absolute Gasteiger partial charge is 0.484 e. The summed E-state index contributed by atoms with van der Waals surface area (Å²) in [4.78, 5) is 11.9. The fourth-order valence-electron chi connectivity index (χ4n) is 2.97. The van der Waals surface area contributed by atoms with E-state index in [2.05, 4.69) is 11.4 Å². The highest BCUT2D eigenvalue weighted by atomic mass is 16.5. The van der Waals surface area contributed by atoms with Crippen LogP contribution in [0.25, 0.3) is 11.1 Å². The molecule has 0 radical (unpaired) electrons. The number of nitrogens with zero attached hydrogens (tertiary/aromatic N) is 1. The van der Waals surface area contributed by atoms with E-state index in [0.29, 0.717) is 17.4 Å². The standard InChI is InChI=1S/C20H20N2O2/c21-13-15-5-7-16(8-6-15)17-9-11-19(12-10-17)24-14-20(23)22-18-3-1-2-4-18/h5-12,18H,1-4,14H2,(H,22,23). The molecule has 4 nitrogen and oxygen atoms in total. The number of hydrogen-bond acceptors (Lipinski definition) is 3. The van der Waals surface area contributed by atoms with Gasteiger partial charge in [-0.25, -0.2) is 0 Å². The molecule has 0 unspecified atom stereocenters. The lowest BCUT2D eigenvalue weighted by Gasteiger charge is -2.12.